The third-order valence-corrected chi connectivity index (χ3v) is 3.36. The van der Waals surface area contributed by atoms with E-state index in [1.807, 2.05) is 12.4 Å². The molecule has 0 aliphatic rings. The lowest BCUT2D eigenvalue weighted by atomic mass is 9.86. The fourth-order valence-electron chi connectivity index (χ4n) is 2.64. The quantitative estimate of drug-likeness (QED) is 0.774. The van der Waals surface area contributed by atoms with Gasteiger partial charge in [-0.05, 0) is 43.9 Å². The lowest BCUT2D eigenvalue weighted by Crippen LogP contribution is -2.25. The Morgan fingerprint density at radius 3 is 2.29 bits per heavy atom. The molecule has 0 bridgehead atoms. The summed E-state index contributed by atoms with van der Waals surface area (Å²) < 4.78 is 0. The molecular formula is C15H26N2. The minimum Gasteiger partial charge on any atom is -0.313 e. The Hall–Kier alpha value is -0.890. The first-order chi connectivity index (χ1) is 8.22. The van der Waals surface area contributed by atoms with Crippen LogP contribution in [0.2, 0.25) is 0 Å². The maximum Gasteiger partial charge on any atom is 0.0361 e. The zero-order chi connectivity index (χ0) is 12.7. The summed E-state index contributed by atoms with van der Waals surface area (Å²) in [5.41, 5.74) is 2.58. The van der Waals surface area contributed by atoms with E-state index in [-0.39, 0.29) is 0 Å². The number of hydrogen-bond donors (Lipinski definition) is 1. The molecule has 96 valence electrons. The van der Waals surface area contributed by atoms with E-state index in [0.717, 1.165) is 5.92 Å². The van der Waals surface area contributed by atoms with Gasteiger partial charge in [0.1, 0.15) is 0 Å². The number of aromatic nitrogens is 1. The summed E-state index contributed by atoms with van der Waals surface area (Å²) in [6, 6.07) is 2.70. The average molecular weight is 234 g/mol. The first-order valence-corrected chi connectivity index (χ1v) is 6.81. The molecule has 1 aromatic rings. The molecule has 0 radical (unpaired) electrons. The Kier molecular flexibility index (Phi) is 6.20. The van der Waals surface area contributed by atoms with Gasteiger partial charge in [0, 0.05) is 18.4 Å². The van der Waals surface area contributed by atoms with Crippen LogP contribution < -0.4 is 5.32 Å². The molecule has 1 atom stereocenters. The second-order valence-corrected chi connectivity index (χ2v) is 4.90. The molecule has 2 nitrogen and oxygen atoms in total. The number of pyridine rings is 1. The Morgan fingerprint density at radius 2 is 1.82 bits per heavy atom. The summed E-state index contributed by atoms with van der Waals surface area (Å²) in [4.78, 5) is 4.32. The molecule has 1 heterocycles. The SMILES string of the molecule is CCCC(CCC)C(NC)c1cncc(C)c1. The summed E-state index contributed by atoms with van der Waals surface area (Å²) >= 11 is 0. The summed E-state index contributed by atoms with van der Waals surface area (Å²) in [5.74, 6) is 0.721. The molecule has 0 aliphatic carbocycles. The summed E-state index contributed by atoms with van der Waals surface area (Å²) in [7, 11) is 2.06. The predicted octanol–water partition coefficient (Wildman–Crippen LogP) is 3.87. The van der Waals surface area contributed by atoms with E-state index in [1.54, 1.807) is 0 Å². The highest BCUT2D eigenvalue weighted by atomic mass is 14.9. The van der Waals surface area contributed by atoms with E-state index in [0.29, 0.717) is 6.04 Å². The molecular weight excluding hydrogens is 208 g/mol. The van der Waals surface area contributed by atoms with Crippen molar-refractivity contribution in [1.29, 1.82) is 0 Å². The molecule has 1 N–H and O–H groups in total. The van der Waals surface area contributed by atoms with Crippen LogP contribution in [0.25, 0.3) is 0 Å². The van der Waals surface area contributed by atoms with Crippen molar-refractivity contribution in [2.24, 2.45) is 5.92 Å². The number of aryl methyl sites for hydroxylation is 1. The van der Waals surface area contributed by atoms with Crippen LogP contribution in [0.5, 0.6) is 0 Å². The van der Waals surface area contributed by atoms with Gasteiger partial charge < -0.3 is 5.32 Å². The molecule has 17 heavy (non-hydrogen) atoms. The first kappa shape index (κ1) is 14.2. The molecule has 1 rings (SSSR count). The van der Waals surface area contributed by atoms with Gasteiger partial charge in [0.15, 0.2) is 0 Å². The Bertz CT molecular complexity index is 316. The number of hydrogen-bond acceptors (Lipinski definition) is 2. The fourth-order valence-corrected chi connectivity index (χ4v) is 2.64. The second-order valence-electron chi connectivity index (χ2n) is 4.90. The van der Waals surface area contributed by atoms with Gasteiger partial charge in [0.05, 0.1) is 0 Å². The largest absolute Gasteiger partial charge is 0.313 e. The van der Waals surface area contributed by atoms with Crippen LogP contribution in [0.15, 0.2) is 18.5 Å². The summed E-state index contributed by atoms with van der Waals surface area (Å²) in [6.07, 6.45) is 9.00. The van der Waals surface area contributed by atoms with Gasteiger partial charge in [0.2, 0.25) is 0 Å². The predicted molar refractivity (Wildman–Crippen MR) is 74.1 cm³/mol. The van der Waals surface area contributed by atoms with Crippen LogP contribution in [-0.4, -0.2) is 12.0 Å². The van der Waals surface area contributed by atoms with Gasteiger partial charge in [-0.3, -0.25) is 4.98 Å². The third-order valence-electron chi connectivity index (χ3n) is 3.36. The molecule has 0 saturated heterocycles. The smallest absolute Gasteiger partial charge is 0.0361 e. The van der Waals surface area contributed by atoms with Gasteiger partial charge >= 0.3 is 0 Å². The van der Waals surface area contributed by atoms with Crippen LogP contribution in [0.3, 0.4) is 0 Å². The Labute approximate surface area is 106 Å². The molecule has 0 saturated carbocycles. The summed E-state index contributed by atoms with van der Waals surface area (Å²) in [6.45, 7) is 6.64. The van der Waals surface area contributed by atoms with Crippen LogP contribution in [-0.2, 0) is 0 Å². The van der Waals surface area contributed by atoms with Gasteiger partial charge in [-0.15, -0.1) is 0 Å². The third kappa shape index (κ3) is 4.12. The molecule has 1 unspecified atom stereocenters. The second kappa shape index (κ2) is 7.44. The number of rotatable bonds is 7. The monoisotopic (exact) mass is 234 g/mol. The standard InChI is InChI=1S/C15H26N2/c1-5-7-13(8-6-2)15(16-4)14-9-12(3)10-17-11-14/h9-11,13,15-16H,5-8H2,1-4H3. The lowest BCUT2D eigenvalue weighted by molar-refractivity contribution is 0.330. The number of nitrogens with zero attached hydrogens (tertiary/aromatic N) is 1. The van der Waals surface area contributed by atoms with E-state index >= 15 is 0 Å². The Morgan fingerprint density at radius 1 is 1.18 bits per heavy atom. The molecule has 0 fully saturated rings. The van der Waals surface area contributed by atoms with E-state index < -0.39 is 0 Å². The molecule has 0 amide bonds. The van der Waals surface area contributed by atoms with E-state index in [2.05, 4.69) is 44.2 Å². The molecule has 0 aromatic carbocycles. The van der Waals surface area contributed by atoms with Crippen molar-refractivity contribution in [3.63, 3.8) is 0 Å². The molecule has 0 aliphatic heterocycles. The zero-order valence-electron chi connectivity index (χ0n) is 11.7. The van der Waals surface area contributed by atoms with Crippen molar-refractivity contribution in [3.05, 3.63) is 29.6 Å². The van der Waals surface area contributed by atoms with Crippen molar-refractivity contribution in [2.75, 3.05) is 7.05 Å². The van der Waals surface area contributed by atoms with Crippen molar-refractivity contribution in [3.8, 4) is 0 Å². The lowest BCUT2D eigenvalue weighted by Gasteiger charge is -2.27. The number of nitrogens with one attached hydrogen (secondary N) is 1. The van der Waals surface area contributed by atoms with Crippen molar-refractivity contribution in [2.45, 2.75) is 52.5 Å². The fraction of sp³-hybridized carbons (Fsp3) is 0.667. The summed E-state index contributed by atoms with van der Waals surface area (Å²) in [5, 5.41) is 3.48. The van der Waals surface area contributed by atoms with Crippen molar-refractivity contribution >= 4 is 0 Å². The minimum atomic E-state index is 0.447. The first-order valence-electron chi connectivity index (χ1n) is 6.81. The van der Waals surface area contributed by atoms with Crippen LogP contribution in [0, 0.1) is 12.8 Å². The van der Waals surface area contributed by atoms with Gasteiger partial charge in [-0.25, -0.2) is 0 Å². The van der Waals surface area contributed by atoms with Gasteiger partial charge in [-0.1, -0.05) is 32.8 Å². The molecule has 2 heteroatoms. The highest BCUT2D eigenvalue weighted by Crippen LogP contribution is 2.29. The van der Waals surface area contributed by atoms with Crippen LogP contribution >= 0.6 is 0 Å². The van der Waals surface area contributed by atoms with E-state index in [9.17, 15) is 0 Å². The zero-order valence-corrected chi connectivity index (χ0v) is 11.7. The maximum absolute atomic E-state index is 4.32. The minimum absolute atomic E-state index is 0.447. The van der Waals surface area contributed by atoms with E-state index in [1.165, 1.54) is 36.8 Å². The normalized spacial score (nSPS) is 13.0. The van der Waals surface area contributed by atoms with Crippen LogP contribution in [0.1, 0.15) is 56.7 Å². The molecule has 1 aromatic heterocycles. The highest BCUT2D eigenvalue weighted by Gasteiger charge is 2.20. The van der Waals surface area contributed by atoms with Crippen molar-refractivity contribution in [1.82, 2.24) is 10.3 Å². The van der Waals surface area contributed by atoms with Gasteiger partial charge in [0.25, 0.3) is 0 Å². The van der Waals surface area contributed by atoms with Crippen LogP contribution in [0.4, 0.5) is 0 Å². The average Bonchev–Trinajstić information content (AvgIpc) is 2.31. The van der Waals surface area contributed by atoms with E-state index in [4.69, 9.17) is 0 Å². The van der Waals surface area contributed by atoms with Gasteiger partial charge in [-0.2, -0.15) is 0 Å². The highest BCUT2D eigenvalue weighted by molar-refractivity contribution is 5.20. The topological polar surface area (TPSA) is 24.9 Å². The molecule has 0 spiro atoms. The maximum atomic E-state index is 4.32. The van der Waals surface area contributed by atoms with Crippen molar-refractivity contribution < 1.29 is 0 Å². The Balaban J connectivity index is 2.87.